The molecule has 0 spiro atoms. The Morgan fingerprint density at radius 3 is 2.84 bits per heavy atom. The highest BCUT2D eigenvalue weighted by Gasteiger charge is 2.16. The van der Waals surface area contributed by atoms with Crippen LogP contribution in [-0.2, 0) is 0 Å². The van der Waals surface area contributed by atoms with Gasteiger partial charge in [0, 0.05) is 22.3 Å². The first-order chi connectivity index (χ1) is 8.99. The maximum atomic E-state index is 10.9. The Hall–Kier alpha value is -1.89. The van der Waals surface area contributed by atoms with E-state index in [4.69, 9.17) is 0 Å². The lowest BCUT2D eigenvalue weighted by Gasteiger charge is -2.15. The Balaban J connectivity index is 2.30. The maximum absolute atomic E-state index is 10.9. The van der Waals surface area contributed by atoms with Crippen LogP contribution in [0, 0.1) is 17.0 Å². The average molecular weight is 325 g/mol. The molecule has 2 N–H and O–H groups in total. The molecule has 0 aliphatic rings. The van der Waals surface area contributed by atoms with Crippen LogP contribution in [0.5, 0.6) is 0 Å². The highest BCUT2D eigenvalue weighted by molar-refractivity contribution is 9.10. The topological polar surface area (TPSA) is 83.8 Å². The zero-order valence-corrected chi connectivity index (χ0v) is 12.1. The van der Waals surface area contributed by atoms with Crippen LogP contribution in [0.15, 0.2) is 28.9 Å². The van der Waals surface area contributed by atoms with E-state index in [0.717, 1.165) is 10.2 Å². The number of aromatic amines is 1. The number of nitro groups is 1. The van der Waals surface area contributed by atoms with Crippen LogP contribution in [0.4, 0.5) is 11.4 Å². The normalized spacial score (nSPS) is 12.2. The van der Waals surface area contributed by atoms with Crippen molar-refractivity contribution in [1.82, 2.24) is 10.2 Å². The largest absolute Gasteiger partial charge is 0.376 e. The molecule has 0 fully saturated rings. The number of hydrogen-bond acceptors (Lipinski definition) is 4. The highest BCUT2D eigenvalue weighted by Crippen LogP contribution is 2.32. The van der Waals surface area contributed by atoms with Gasteiger partial charge in [-0.3, -0.25) is 15.2 Å². The number of H-pyrrole nitrogens is 1. The van der Waals surface area contributed by atoms with Crippen molar-refractivity contribution in [1.29, 1.82) is 0 Å². The lowest BCUT2D eigenvalue weighted by Crippen LogP contribution is -2.08. The summed E-state index contributed by atoms with van der Waals surface area (Å²) in [6, 6.07) is 5.10. The summed E-state index contributed by atoms with van der Waals surface area (Å²) in [5, 5.41) is 20.9. The van der Waals surface area contributed by atoms with Gasteiger partial charge >= 0.3 is 0 Å². The van der Waals surface area contributed by atoms with Crippen molar-refractivity contribution >= 4 is 27.3 Å². The number of nitro benzene ring substituents is 1. The zero-order valence-electron chi connectivity index (χ0n) is 10.5. The molecule has 7 heteroatoms. The standard InChI is InChI=1S/C12H13BrN4O2/c1-7-5-9(13)11(6-12(7)17(18)19)15-8(2)10-3-4-14-16-10/h3-6,8,15H,1-2H3,(H,14,16). The number of halogens is 1. The van der Waals surface area contributed by atoms with Crippen molar-refractivity contribution in [2.24, 2.45) is 0 Å². The molecule has 0 aliphatic heterocycles. The molecule has 19 heavy (non-hydrogen) atoms. The minimum atomic E-state index is -0.381. The van der Waals surface area contributed by atoms with E-state index in [2.05, 4.69) is 31.4 Å². The van der Waals surface area contributed by atoms with Gasteiger partial charge in [-0.1, -0.05) is 0 Å². The molecular weight excluding hydrogens is 312 g/mol. The quantitative estimate of drug-likeness (QED) is 0.665. The van der Waals surface area contributed by atoms with Crippen molar-refractivity contribution in [3.05, 3.63) is 50.2 Å². The molecule has 1 atom stereocenters. The molecule has 0 amide bonds. The van der Waals surface area contributed by atoms with Gasteiger partial charge in [0.05, 0.1) is 22.3 Å². The van der Waals surface area contributed by atoms with Gasteiger partial charge in [-0.15, -0.1) is 0 Å². The number of anilines is 1. The molecule has 0 radical (unpaired) electrons. The summed E-state index contributed by atoms with van der Waals surface area (Å²) in [6.45, 7) is 3.66. The van der Waals surface area contributed by atoms with Gasteiger partial charge in [0.15, 0.2) is 0 Å². The van der Waals surface area contributed by atoms with E-state index in [1.807, 2.05) is 13.0 Å². The number of nitrogens with one attached hydrogen (secondary N) is 2. The Morgan fingerprint density at radius 2 is 2.26 bits per heavy atom. The molecule has 1 aromatic carbocycles. The molecule has 1 unspecified atom stereocenters. The van der Waals surface area contributed by atoms with E-state index in [0.29, 0.717) is 11.3 Å². The van der Waals surface area contributed by atoms with E-state index in [1.165, 1.54) is 6.07 Å². The molecule has 100 valence electrons. The maximum Gasteiger partial charge on any atom is 0.274 e. The Bertz CT molecular complexity index is 598. The predicted molar refractivity (Wildman–Crippen MR) is 76.2 cm³/mol. The fourth-order valence-electron chi connectivity index (χ4n) is 1.79. The molecule has 0 aliphatic carbocycles. The Labute approximate surface area is 118 Å². The molecule has 0 bridgehead atoms. The number of rotatable bonds is 4. The summed E-state index contributed by atoms with van der Waals surface area (Å²) >= 11 is 3.41. The number of benzene rings is 1. The first-order valence-corrected chi connectivity index (χ1v) is 6.48. The summed E-state index contributed by atoms with van der Waals surface area (Å²) in [4.78, 5) is 10.6. The lowest BCUT2D eigenvalue weighted by atomic mass is 10.1. The predicted octanol–water partition coefficient (Wildman–Crippen LogP) is 3.56. The Kier molecular flexibility index (Phi) is 3.84. The zero-order chi connectivity index (χ0) is 14.0. The molecule has 6 nitrogen and oxygen atoms in total. The van der Waals surface area contributed by atoms with Crippen LogP contribution in [-0.4, -0.2) is 15.1 Å². The van der Waals surface area contributed by atoms with E-state index in [9.17, 15) is 10.1 Å². The number of hydrogen-bond donors (Lipinski definition) is 2. The highest BCUT2D eigenvalue weighted by atomic mass is 79.9. The third kappa shape index (κ3) is 2.93. The van der Waals surface area contributed by atoms with Gasteiger partial charge < -0.3 is 5.32 Å². The average Bonchev–Trinajstić information content (AvgIpc) is 2.85. The van der Waals surface area contributed by atoms with Crippen LogP contribution in [0.1, 0.15) is 24.2 Å². The van der Waals surface area contributed by atoms with Crippen molar-refractivity contribution in [3.8, 4) is 0 Å². The van der Waals surface area contributed by atoms with Gasteiger partial charge in [0.25, 0.3) is 5.69 Å². The molecule has 2 rings (SSSR count). The fraction of sp³-hybridized carbons (Fsp3) is 0.250. The third-order valence-electron chi connectivity index (χ3n) is 2.84. The van der Waals surface area contributed by atoms with Crippen LogP contribution >= 0.6 is 15.9 Å². The van der Waals surface area contributed by atoms with Gasteiger partial charge in [-0.2, -0.15) is 5.10 Å². The van der Waals surface area contributed by atoms with Crippen LogP contribution in [0.25, 0.3) is 0 Å². The molecule has 1 aromatic heterocycles. The summed E-state index contributed by atoms with van der Waals surface area (Å²) in [5.74, 6) is 0. The van der Waals surface area contributed by atoms with Crippen LogP contribution in [0.2, 0.25) is 0 Å². The van der Waals surface area contributed by atoms with E-state index in [-0.39, 0.29) is 16.7 Å². The summed E-state index contributed by atoms with van der Waals surface area (Å²) in [7, 11) is 0. The molecule has 1 heterocycles. The first kappa shape index (κ1) is 13.5. The van der Waals surface area contributed by atoms with Gasteiger partial charge in [0.1, 0.15) is 0 Å². The Morgan fingerprint density at radius 1 is 1.53 bits per heavy atom. The number of nitrogens with zero attached hydrogens (tertiary/aromatic N) is 2. The summed E-state index contributed by atoms with van der Waals surface area (Å²) in [6.07, 6.45) is 1.67. The number of aryl methyl sites for hydroxylation is 1. The smallest absolute Gasteiger partial charge is 0.274 e. The molecular formula is C12H13BrN4O2. The van der Waals surface area contributed by atoms with Crippen molar-refractivity contribution in [2.75, 3.05) is 5.32 Å². The monoisotopic (exact) mass is 324 g/mol. The van der Waals surface area contributed by atoms with E-state index >= 15 is 0 Å². The number of aromatic nitrogens is 2. The van der Waals surface area contributed by atoms with Gasteiger partial charge in [-0.25, -0.2) is 0 Å². The fourth-order valence-corrected chi connectivity index (χ4v) is 2.36. The molecule has 0 saturated carbocycles. The molecule has 2 aromatic rings. The first-order valence-electron chi connectivity index (χ1n) is 5.69. The second-order valence-corrected chi connectivity index (χ2v) is 5.11. The lowest BCUT2D eigenvalue weighted by molar-refractivity contribution is -0.385. The van der Waals surface area contributed by atoms with Crippen molar-refractivity contribution in [2.45, 2.75) is 19.9 Å². The van der Waals surface area contributed by atoms with Gasteiger partial charge in [0.2, 0.25) is 0 Å². The minimum Gasteiger partial charge on any atom is -0.376 e. The van der Waals surface area contributed by atoms with Crippen molar-refractivity contribution < 1.29 is 4.92 Å². The van der Waals surface area contributed by atoms with E-state index in [1.54, 1.807) is 19.2 Å². The van der Waals surface area contributed by atoms with Crippen molar-refractivity contribution in [3.63, 3.8) is 0 Å². The van der Waals surface area contributed by atoms with Gasteiger partial charge in [-0.05, 0) is 41.9 Å². The van der Waals surface area contributed by atoms with Crippen LogP contribution in [0.3, 0.4) is 0 Å². The van der Waals surface area contributed by atoms with Crippen LogP contribution < -0.4 is 5.32 Å². The second-order valence-electron chi connectivity index (χ2n) is 4.25. The van der Waals surface area contributed by atoms with E-state index < -0.39 is 0 Å². The summed E-state index contributed by atoms with van der Waals surface area (Å²) < 4.78 is 0.793. The summed E-state index contributed by atoms with van der Waals surface area (Å²) in [5.41, 5.74) is 2.31. The second kappa shape index (κ2) is 5.40. The minimum absolute atomic E-state index is 0.0267. The SMILES string of the molecule is Cc1cc(Br)c(NC(C)c2ccn[nH]2)cc1[N+](=O)[O-]. The third-order valence-corrected chi connectivity index (χ3v) is 3.50. The molecule has 0 saturated heterocycles.